The monoisotopic (exact) mass is 314 g/mol. The lowest BCUT2D eigenvalue weighted by molar-refractivity contribution is 0.295. The Bertz CT molecular complexity index is 513. The van der Waals surface area contributed by atoms with Gasteiger partial charge in [-0.3, -0.25) is 0 Å². The molecule has 0 saturated heterocycles. The summed E-state index contributed by atoms with van der Waals surface area (Å²) < 4.78 is 8.53. The van der Waals surface area contributed by atoms with Gasteiger partial charge in [-0.15, -0.1) is 0 Å². The van der Waals surface area contributed by atoms with Gasteiger partial charge in [0.2, 0.25) is 0 Å². The van der Waals surface area contributed by atoms with Crippen molar-refractivity contribution in [3.63, 3.8) is 0 Å². The molecular weight excluding hydrogens is 304 g/mol. The maximum absolute atomic E-state index is 5.88. The highest BCUT2D eigenvalue weighted by Crippen LogP contribution is 2.19. The number of benzene rings is 1. The summed E-state index contributed by atoms with van der Waals surface area (Å²) in [6.45, 7) is 3.40. The van der Waals surface area contributed by atoms with Crippen LogP contribution < -0.4 is 4.74 Å². The highest BCUT2D eigenvalue weighted by Gasteiger charge is 2.06. The van der Waals surface area contributed by atoms with E-state index in [1.165, 1.54) is 0 Å². The van der Waals surface area contributed by atoms with E-state index in [2.05, 4.69) is 27.8 Å². The second-order valence-electron chi connectivity index (χ2n) is 3.51. The van der Waals surface area contributed by atoms with Crippen LogP contribution in [-0.2, 0) is 13.2 Å². The van der Waals surface area contributed by atoms with E-state index in [1.54, 1.807) is 12.3 Å². The van der Waals surface area contributed by atoms with Gasteiger partial charge in [0.25, 0.3) is 0 Å². The molecular formula is C12H12BrClN2O. The zero-order chi connectivity index (χ0) is 12.3. The van der Waals surface area contributed by atoms with Crippen LogP contribution in [0.15, 0.2) is 35.2 Å². The molecule has 90 valence electrons. The average Bonchev–Trinajstić information content (AvgIpc) is 2.67. The first-order valence-electron chi connectivity index (χ1n) is 5.29. The third-order valence-electron chi connectivity index (χ3n) is 2.39. The van der Waals surface area contributed by atoms with Crippen LogP contribution in [-0.4, -0.2) is 9.55 Å². The summed E-state index contributed by atoms with van der Waals surface area (Å²) >= 11 is 9.27. The van der Waals surface area contributed by atoms with E-state index in [0.717, 1.165) is 22.7 Å². The molecule has 0 N–H and O–H groups in total. The molecule has 0 radical (unpaired) electrons. The molecule has 2 aromatic rings. The second-order valence-corrected chi connectivity index (χ2v) is 4.65. The predicted molar refractivity (Wildman–Crippen MR) is 71.4 cm³/mol. The molecule has 1 aromatic carbocycles. The fraction of sp³-hybridized carbons (Fsp3) is 0.250. The van der Waals surface area contributed by atoms with Gasteiger partial charge in [-0.1, -0.05) is 17.7 Å². The minimum Gasteiger partial charge on any atom is -0.487 e. The minimum absolute atomic E-state index is 0.479. The highest BCUT2D eigenvalue weighted by atomic mass is 79.9. The highest BCUT2D eigenvalue weighted by molar-refractivity contribution is 9.10. The second kappa shape index (κ2) is 5.56. The smallest absolute Gasteiger partial charge is 0.177 e. The fourth-order valence-electron chi connectivity index (χ4n) is 1.55. The normalized spacial score (nSPS) is 10.5. The van der Waals surface area contributed by atoms with Crippen LogP contribution in [0.4, 0.5) is 0 Å². The summed E-state index contributed by atoms with van der Waals surface area (Å²) in [5, 5.41) is 0.674. The summed E-state index contributed by atoms with van der Waals surface area (Å²) in [5.41, 5.74) is 1.03. The molecule has 0 saturated carbocycles. The van der Waals surface area contributed by atoms with Crippen LogP contribution in [0, 0.1) is 0 Å². The summed E-state index contributed by atoms with van der Waals surface area (Å²) in [5.74, 6) is 0.762. The van der Waals surface area contributed by atoms with E-state index in [1.807, 2.05) is 22.8 Å². The van der Waals surface area contributed by atoms with Gasteiger partial charge in [-0.05, 0) is 41.1 Å². The van der Waals surface area contributed by atoms with E-state index >= 15 is 0 Å². The average molecular weight is 316 g/mol. The number of imidazole rings is 1. The van der Waals surface area contributed by atoms with Crippen LogP contribution >= 0.6 is 27.5 Å². The Balaban J connectivity index is 2.07. The molecule has 17 heavy (non-hydrogen) atoms. The largest absolute Gasteiger partial charge is 0.487 e. The Morgan fingerprint density at radius 2 is 2.29 bits per heavy atom. The molecule has 5 heteroatoms. The molecule has 0 spiro atoms. The Morgan fingerprint density at radius 1 is 1.47 bits per heavy atom. The van der Waals surface area contributed by atoms with Crippen LogP contribution in [0.3, 0.4) is 0 Å². The Hall–Kier alpha value is -1.00. The van der Waals surface area contributed by atoms with Crippen LogP contribution in [0.25, 0.3) is 0 Å². The molecule has 0 aliphatic carbocycles. The molecule has 0 unspecified atom stereocenters. The van der Waals surface area contributed by atoms with Gasteiger partial charge in [-0.25, -0.2) is 4.98 Å². The van der Waals surface area contributed by atoms with Gasteiger partial charge in [0.05, 0.1) is 11.9 Å². The maximum atomic E-state index is 5.88. The number of hydrogen-bond acceptors (Lipinski definition) is 2. The Labute approximate surface area is 114 Å². The first kappa shape index (κ1) is 12.5. The van der Waals surface area contributed by atoms with E-state index in [9.17, 15) is 0 Å². The van der Waals surface area contributed by atoms with E-state index in [4.69, 9.17) is 16.3 Å². The van der Waals surface area contributed by atoms with Gasteiger partial charge in [0, 0.05) is 11.6 Å². The number of nitrogens with zero attached hydrogens (tertiary/aromatic N) is 2. The summed E-state index contributed by atoms with van der Waals surface area (Å²) in [6.07, 6.45) is 1.80. The number of hydrogen-bond donors (Lipinski definition) is 0. The number of rotatable bonds is 4. The number of halogens is 2. The van der Waals surface area contributed by atoms with Crippen molar-refractivity contribution in [1.82, 2.24) is 9.55 Å². The molecule has 1 aromatic heterocycles. The molecule has 0 aliphatic rings. The molecule has 2 rings (SSSR count). The van der Waals surface area contributed by atoms with Crippen LogP contribution in [0.5, 0.6) is 5.75 Å². The minimum atomic E-state index is 0.479. The van der Waals surface area contributed by atoms with Crippen molar-refractivity contribution in [2.24, 2.45) is 0 Å². The van der Waals surface area contributed by atoms with Gasteiger partial charge < -0.3 is 9.30 Å². The van der Waals surface area contributed by atoms with Crippen molar-refractivity contribution in [2.75, 3.05) is 0 Å². The number of aromatic nitrogens is 2. The van der Waals surface area contributed by atoms with Crippen molar-refractivity contribution < 1.29 is 4.74 Å². The SMILES string of the molecule is CCn1c(COc2cccc(Cl)c2)cnc1Br. The topological polar surface area (TPSA) is 27.1 Å². The summed E-state index contributed by atoms with van der Waals surface area (Å²) in [6, 6.07) is 7.36. The maximum Gasteiger partial charge on any atom is 0.177 e. The van der Waals surface area contributed by atoms with Gasteiger partial charge in [0.1, 0.15) is 12.4 Å². The van der Waals surface area contributed by atoms with Gasteiger partial charge in [-0.2, -0.15) is 0 Å². The fourth-order valence-corrected chi connectivity index (χ4v) is 2.31. The molecule has 0 bridgehead atoms. The van der Waals surface area contributed by atoms with Crippen molar-refractivity contribution in [3.05, 3.63) is 45.9 Å². The van der Waals surface area contributed by atoms with E-state index in [0.29, 0.717) is 11.6 Å². The van der Waals surface area contributed by atoms with Crippen molar-refractivity contribution in [2.45, 2.75) is 20.1 Å². The summed E-state index contributed by atoms with van der Waals surface area (Å²) in [4.78, 5) is 4.19. The standard InChI is InChI=1S/C12H12BrClN2O/c1-2-16-10(7-15-12(16)13)8-17-11-5-3-4-9(14)6-11/h3-7H,2,8H2,1H3. The first-order valence-corrected chi connectivity index (χ1v) is 6.46. The molecule has 0 aliphatic heterocycles. The summed E-state index contributed by atoms with van der Waals surface area (Å²) in [7, 11) is 0. The lowest BCUT2D eigenvalue weighted by Gasteiger charge is -2.08. The molecule has 0 amide bonds. The van der Waals surface area contributed by atoms with Gasteiger partial charge in [0.15, 0.2) is 4.73 Å². The number of ether oxygens (including phenoxy) is 1. The molecule has 3 nitrogen and oxygen atoms in total. The molecule has 0 fully saturated rings. The zero-order valence-corrected chi connectivity index (χ0v) is 11.7. The quantitative estimate of drug-likeness (QED) is 0.855. The molecule has 1 heterocycles. The van der Waals surface area contributed by atoms with Crippen LogP contribution in [0.1, 0.15) is 12.6 Å². The van der Waals surface area contributed by atoms with Crippen molar-refractivity contribution in [1.29, 1.82) is 0 Å². The zero-order valence-electron chi connectivity index (χ0n) is 9.36. The van der Waals surface area contributed by atoms with Crippen molar-refractivity contribution >= 4 is 27.5 Å². The molecule has 0 atom stereocenters. The predicted octanol–water partition coefficient (Wildman–Crippen LogP) is 3.90. The lowest BCUT2D eigenvalue weighted by Crippen LogP contribution is -2.04. The van der Waals surface area contributed by atoms with E-state index < -0.39 is 0 Å². The third kappa shape index (κ3) is 3.01. The lowest BCUT2D eigenvalue weighted by atomic mass is 10.3. The Kier molecular flexibility index (Phi) is 4.07. The van der Waals surface area contributed by atoms with Crippen molar-refractivity contribution in [3.8, 4) is 5.75 Å². The first-order chi connectivity index (χ1) is 8.20. The third-order valence-corrected chi connectivity index (χ3v) is 3.26. The van der Waals surface area contributed by atoms with Crippen LogP contribution in [0.2, 0.25) is 5.02 Å². The van der Waals surface area contributed by atoms with Gasteiger partial charge >= 0.3 is 0 Å². The van der Waals surface area contributed by atoms with E-state index in [-0.39, 0.29) is 0 Å². The Morgan fingerprint density at radius 3 is 3.00 bits per heavy atom.